The first-order valence-electron chi connectivity index (χ1n) is 7.12. The second kappa shape index (κ2) is 5.92. The largest absolute Gasteiger partial charge is 0.0654 e. The van der Waals surface area contributed by atoms with Crippen LogP contribution in [0.2, 0.25) is 0 Å². The first-order valence-corrected chi connectivity index (χ1v) is 7.12. The molecule has 0 atom stereocenters. The van der Waals surface area contributed by atoms with Gasteiger partial charge in [-0.25, -0.2) is 0 Å². The van der Waals surface area contributed by atoms with E-state index in [1.165, 1.54) is 38.5 Å². The molecule has 0 radical (unpaired) electrons. The Labute approximate surface area is 96.8 Å². The van der Waals surface area contributed by atoms with Crippen molar-refractivity contribution in [2.75, 3.05) is 0 Å². The Bertz CT molecular complexity index is 155. The summed E-state index contributed by atoms with van der Waals surface area (Å²) in [6, 6.07) is 0. The minimum Gasteiger partial charge on any atom is -0.0654 e. The van der Waals surface area contributed by atoms with Crippen LogP contribution < -0.4 is 0 Å². The van der Waals surface area contributed by atoms with Gasteiger partial charge in [-0.15, -0.1) is 0 Å². The van der Waals surface area contributed by atoms with E-state index in [2.05, 4.69) is 27.7 Å². The van der Waals surface area contributed by atoms with Gasteiger partial charge in [0.1, 0.15) is 0 Å². The summed E-state index contributed by atoms with van der Waals surface area (Å²) in [6.07, 6.45) is 11.8. The first kappa shape index (κ1) is 13.1. The van der Waals surface area contributed by atoms with E-state index in [4.69, 9.17) is 0 Å². The zero-order chi connectivity index (χ0) is 11.3. The maximum Gasteiger partial charge on any atom is -0.0292 e. The molecule has 15 heavy (non-hydrogen) atoms. The normalized spacial score (nSPS) is 20.6. The fourth-order valence-corrected chi connectivity index (χ4v) is 3.53. The molecular formula is C15H30. The zero-order valence-electron chi connectivity index (χ0n) is 11.3. The molecule has 0 aliphatic heterocycles. The molecule has 0 heteroatoms. The van der Waals surface area contributed by atoms with Gasteiger partial charge in [-0.3, -0.25) is 0 Å². The molecular weight excluding hydrogens is 180 g/mol. The molecule has 0 nitrogen and oxygen atoms in total. The van der Waals surface area contributed by atoms with Crippen LogP contribution in [0.25, 0.3) is 0 Å². The molecule has 0 saturated heterocycles. The van der Waals surface area contributed by atoms with Gasteiger partial charge in [0, 0.05) is 0 Å². The Balaban J connectivity index is 2.24. The average molecular weight is 210 g/mol. The van der Waals surface area contributed by atoms with E-state index in [0.717, 1.165) is 17.3 Å². The molecule has 1 aliphatic carbocycles. The summed E-state index contributed by atoms with van der Waals surface area (Å²) in [4.78, 5) is 0. The van der Waals surface area contributed by atoms with Crippen molar-refractivity contribution in [2.45, 2.75) is 79.1 Å². The molecule has 0 heterocycles. The minimum atomic E-state index is 0.783. The summed E-state index contributed by atoms with van der Waals surface area (Å²) < 4.78 is 0. The summed E-state index contributed by atoms with van der Waals surface area (Å²) in [7, 11) is 0. The lowest BCUT2D eigenvalue weighted by Gasteiger charge is -2.49. The van der Waals surface area contributed by atoms with Gasteiger partial charge in [0.15, 0.2) is 0 Å². The second-order valence-corrected chi connectivity index (χ2v) is 6.25. The van der Waals surface area contributed by atoms with Crippen LogP contribution in [-0.2, 0) is 0 Å². The molecule has 0 aromatic heterocycles. The Morgan fingerprint density at radius 3 is 2.00 bits per heavy atom. The lowest BCUT2D eigenvalue weighted by Crippen LogP contribution is -2.37. The lowest BCUT2D eigenvalue weighted by atomic mass is 9.57. The first-order chi connectivity index (χ1) is 7.12. The van der Waals surface area contributed by atoms with Gasteiger partial charge < -0.3 is 0 Å². The van der Waals surface area contributed by atoms with Crippen molar-refractivity contribution < 1.29 is 0 Å². The SMILES string of the molecule is CCCC1(CCC)CC(CCC(C)C)C1. The Kier molecular flexibility index (Phi) is 5.15. The lowest BCUT2D eigenvalue weighted by molar-refractivity contribution is 0.0261. The molecule has 1 fully saturated rings. The van der Waals surface area contributed by atoms with Crippen molar-refractivity contribution >= 4 is 0 Å². The van der Waals surface area contributed by atoms with Crippen molar-refractivity contribution in [3.8, 4) is 0 Å². The molecule has 0 amide bonds. The third-order valence-electron chi connectivity index (χ3n) is 4.16. The van der Waals surface area contributed by atoms with E-state index in [1.807, 2.05) is 0 Å². The molecule has 0 spiro atoms. The topological polar surface area (TPSA) is 0 Å². The van der Waals surface area contributed by atoms with Crippen LogP contribution in [0.4, 0.5) is 0 Å². The van der Waals surface area contributed by atoms with E-state index < -0.39 is 0 Å². The molecule has 0 aromatic carbocycles. The molecule has 1 saturated carbocycles. The highest BCUT2D eigenvalue weighted by atomic mass is 14.5. The summed E-state index contributed by atoms with van der Waals surface area (Å²) in [5.74, 6) is 1.97. The van der Waals surface area contributed by atoms with Crippen molar-refractivity contribution in [1.82, 2.24) is 0 Å². The zero-order valence-corrected chi connectivity index (χ0v) is 11.3. The van der Waals surface area contributed by atoms with E-state index in [-0.39, 0.29) is 0 Å². The van der Waals surface area contributed by atoms with Gasteiger partial charge in [0.25, 0.3) is 0 Å². The molecule has 0 aromatic rings. The average Bonchev–Trinajstić information content (AvgIpc) is 2.11. The summed E-state index contributed by atoms with van der Waals surface area (Å²) in [6.45, 7) is 9.39. The third-order valence-corrected chi connectivity index (χ3v) is 4.16. The predicted molar refractivity (Wildman–Crippen MR) is 69.0 cm³/mol. The van der Waals surface area contributed by atoms with Crippen LogP contribution in [0.5, 0.6) is 0 Å². The number of hydrogen-bond donors (Lipinski definition) is 0. The molecule has 1 rings (SSSR count). The Morgan fingerprint density at radius 2 is 1.60 bits per heavy atom. The van der Waals surface area contributed by atoms with Crippen LogP contribution in [0.15, 0.2) is 0 Å². The molecule has 0 N–H and O–H groups in total. The summed E-state index contributed by atoms with van der Waals surface area (Å²) >= 11 is 0. The molecule has 0 unspecified atom stereocenters. The van der Waals surface area contributed by atoms with Crippen LogP contribution >= 0.6 is 0 Å². The van der Waals surface area contributed by atoms with Crippen LogP contribution in [0.3, 0.4) is 0 Å². The van der Waals surface area contributed by atoms with Crippen molar-refractivity contribution in [3.63, 3.8) is 0 Å². The Hall–Kier alpha value is 0. The van der Waals surface area contributed by atoms with Gasteiger partial charge in [-0.1, -0.05) is 53.4 Å². The summed E-state index contributed by atoms with van der Waals surface area (Å²) in [5, 5.41) is 0. The smallest absolute Gasteiger partial charge is 0.0292 e. The number of hydrogen-bond acceptors (Lipinski definition) is 0. The molecule has 0 bridgehead atoms. The van der Waals surface area contributed by atoms with E-state index in [1.54, 1.807) is 12.8 Å². The van der Waals surface area contributed by atoms with Crippen molar-refractivity contribution in [3.05, 3.63) is 0 Å². The van der Waals surface area contributed by atoms with Gasteiger partial charge in [0.2, 0.25) is 0 Å². The number of rotatable bonds is 7. The quantitative estimate of drug-likeness (QED) is 0.526. The van der Waals surface area contributed by atoms with Crippen molar-refractivity contribution in [1.29, 1.82) is 0 Å². The van der Waals surface area contributed by atoms with E-state index in [9.17, 15) is 0 Å². The van der Waals surface area contributed by atoms with Gasteiger partial charge in [0.05, 0.1) is 0 Å². The summed E-state index contributed by atoms with van der Waals surface area (Å²) in [5.41, 5.74) is 0.783. The second-order valence-electron chi connectivity index (χ2n) is 6.25. The fourth-order valence-electron chi connectivity index (χ4n) is 3.53. The van der Waals surface area contributed by atoms with Crippen LogP contribution in [0, 0.1) is 17.3 Å². The molecule has 1 aliphatic rings. The van der Waals surface area contributed by atoms with E-state index >= 15 is 0 Å². The standard InChI is InChI=1S/C15H30/c1-5-9-15(10-6-2)11-14(12-15)8-7-13(3)4/h13-14H,5-12H2,1-4H3. The van der Waals surface area contributed by atoms with E-state index in [0.29, 0.717) is 0 Å². The van der Waals surface area contributed by atoms with Gasteiger partial charge in [-0.2, -0.15) is 0 Å². The van der Waals surface area contributed by atoms with Gasteiger partial charge in [-0.05, 0) is 42.9 Å². The van der Waals surface area contributed by atoms with Crippen molar-refractivity contribution in [2.24, 2.45) is 17.3 Å². The highest BCUT2D eigenvalue weighted by molar-refractivity contribution is 4.92. The highest BCUT2D eigenvalue weighted by Gasteiger charge is 2.41. The maximum atomic E-state index is 2.35. The van der Waals surface area contributed by atoms with Crippen LogP contribution in [-0.4, -0.2) is 0 Å². The highest BCUT2D eigenvalue weighted by Crippen LogP contribution is 2.53. The molecule has 90 valence electrons. The predicted octanol–water partition coefficient (Wildman–Crippen LogP) is 5.42. The minimum absolute atomic E-state index is 0.783. The van der Waals surface area contributed by atoms with Gasteiger partial charge >= 0.3 is 0 Å². The fraction of sp³-hybridized carbons (Fsp3) is 1.00. The van der Waals surface area contributed by atoms with Crippen LogP contribution in [0.1, 0.15) is 79.1 Å². The maximum absolute atomic E-state index is 2.35. The Morgan fingerprint density at radius 1 is 1.07 bits per heavy atom. The monoisotopic (exact) mass is 210 g/mol. The third kappa shape index (κ3) is 3.81.